The predicted molar refractivity (Wildman–Crippen MR) is 89.0 cm³/mol. The van der Waals surface area contributed by atoms with E-state index in [0.717, 1.165) is 0 Å². The third-order valence-corrected chi connectivity index (χ3v) is 4.19. The van der Waals surface area contributed by atoms with Crippen LogP contribution < -0.4 is 0 Å². The molecule has 0 spiro atoms. The van der Waals surface area contributed by atoms with Crippen molar-refractivity contribution in [1.29, 1.82) is 0 Å². The first kappa shape index (κ1) is 18.6. The molecule has 24 heavy (non-hydrogen) atoms. The second-order valence-electron chi connectivity index (χ2n) is 6.35. The molecular weight excluding hydrogens is 335 g/mol. The summed E-state index contributed by atoms with van der Waals surface area (Å²) in [6, 6.07) is 4.85. The van der Waals surface area contributed by atoms with Gasteiger partial charge in [-0.2, -0.15) is 0 Å². The van der Waals surface area contributed by atoms with Gasteiger partial charge in [-0.25, -0.2) is 13.4 Å². The van der Waals surface area contributed by atoms with E-state index in [1.807, 2.05) is 0 Å². The van der Waals surface area contributed by atoms with E-state index in [2.05, 4.69) is 0 Å². The van der Waals surface area contributed by atoms with E-state index >= 15 is 0 Å². The van der Waals surface area contributed by atoms with Gasteiger partial charge < -0.3 is 14.0 Å². The summed E-state index contributed by atoms with van der Waals surface area (Å²) in [5.74, 6) is -0.573. The quantitative estimate of drug-likeness (QED) is 0.625. The number of rotatable bonds is 6. The lowest BCUT2D eigenvalue weighted by Crippen LogP contribution is -2.22. The molecule has 1 aliphatic rings. The summed E-state index contributed by atoms with van der Waals surface area (Å²) in [5.41, 5.74) is 1.00. The van der Waals surface area contributed by atoms with Gasteiger partial charge in [0.05, 0.1) is 17.4 Å². The second-order valence-corrected chi connectivity index (χ2v) is 7.29. The molecule has 5 nitrogen and oxygen atoms in total. The Morgan fingerprint density at radius 2 is 2.00 bits per heavy atom. The molecule has 0 aromatic heterocycles. The number of alkyl halides is 1. The van der Waals surface area contributed by atoms with Crippen LogP contribution in [0.25, 0.3) is 5.57 Å². The number of hydrogen-bond acceptors (Lipinski definition) is 4. The van der Waals surface area contributed by atoms with E-state index < -0.39 is 29.3 Å². The van der Waals surface area contributed by atoms with Crippen LogP contribution in [0, 0.1) is 0 Å². The Kier molecular flexibility index (Phi) is 5.45. The Labute approximate surface area is 143 Å². The van der Waals surface area contributed by atoms with Gasteiger partial charge in [0.2, 0.25) is 5.76 Å². The lowest BCUT2D eigenvalue weighted by atomic mass is 9.90. The average molecular weight is 356 g/mol. The van der Waals surface area contributed by atoms with Crippen molar-refractivity contribution in [3.8, 4) is 0 Å². The van der Waals surface area contributed by atoms with Crippen LogP contribution in [-0.2, 0) is 37.8 Å². The van der Waals surface area contributed by atoms with Gasteiger partial charge in [0, 0.05) is 0 Å². The fourth-order valence-corrected chi connectivity index (χ4v) is 3.25. The third-order valence-electron chi connectivity index (χ3n) is 3.63. The van der Waals surface area contributed by atoms with Gasteiger partial charge in [-0.1, -0.05) is 12.1 Å². The molecule has 2 rings (SSSR count). The lowest BCUT2D eigenvalue weighted by Gasteiger charge is -2.22. The van der Waals surface area contributed by atoms with E-state index in [4.69, 9.17) is 14.0 Å². The highest BCUT2D eigenvalue weighted by Crippen LogP contribution is 2.41. The molecule has 0 radical (unpaired) electrons. The lowest BCUT2D eigenvalue weighted by molar-refractivity contribution is -0.147. The molecule has 7 heteroatoms. The van der Waals surface area contributed by atoms with Gasteiger partial charge in [0.25, 0.3) is 0 Å². The fourth-order valence-electron chi connectivity index (χ4n) is 2.71. The summed E-state index contributed by atoms with van der Waals surface area (Å²) in [6.07, 6.45) is -0.215. The Morgan fingerprint density at radius 3 is 2.54 bits per heavy atom. The summed E-state index contributed by atoms with van der Waals surface area (Å²) in [6.45, 7) is 6.31. The van der Waals surface area contributed by atoms with Gasteiger partial charge in [-0.15, -0.1) is 0 Å². The zero-order chi connectivity index (χ0) is 18.1. The Balaban J connectivity index is 2.56. The molecule has 0 aliphatic carbocycles. The smallest absolute Gasteiger partial charge is 0.374 e. The molecule has 1 unspecified atom stereocenters. The number of benzene rings is 1. The average Bonchev–Trinajstić information content (AvgIpc) is 2.67. The molecule has 0 bridgehead atoms. The second kappa shape index (κ2) is 7.03. The van der Waals surface area contributed by atoms with Gasteiger partial charge in [-0.3, -0.25) is 0 Å². The van der Waals surface area contributed by atoms with E-state index in [0.29, 0.717) is 22.3 Å². The van der Waals surface area contributed by atoms with Crippen molar-refractivity contribution in [3.63, 3.8) is 0 Å². The van der Waals surface area contributed by atoms with Crippen molar-refractivity contribution in [2.75, 3.05) is 0 Å². The van der Waals surface area contributed by atoms with Crippen LogP contribution in [0.3, 0.4) is 0 Å². The van der Waals surface area contributed by atoms with E-state index in [1.165, 1.54) is 0 Å². The molecule has 1 atom stereocenters. The van der Waals surface area contributed by atoms with Crippen LogP contribution in [0.5, 0.6) is 0 Å². The number of halogens is 1. The maximum atomic E-state index is 13.4. The highest BCUT2D eigenvalue weighted by molar-refractivity contribution is 7.78. The van der Waals surface area contributed by atoms with Crippen molar-refractivity contribution in [3.05, 3.63) is 40.6 Å². The maximum Gasteiger partial charge on any atom is 0.374 e. The number of carbonyl (C=O) groups excluding carboxylic acids is 1. The van der Waals surface area contributed by atoms with Crippen LogP contribution in [0.1, 0.15) is 44.4 Å². The summed E-state index contributed by atoms with van der Waals surface area (Å²) in [7, 11) is 0. The minimum Gasteiger partial charge on any atom is -0.484 e. The summed E-state index contributed by atoms with van der Waals surface area (Å²) >= 11 is -2.05. The first-order chi connectivity index (χ1) is 11.2. The van der Waals surface area contributed by atoms with Crippen LogP contribution >= 0.6 is 0 Å². The molecule has 0 amide bonds. The Bertz CT molecular complexity index is 709. The molecule has 1 aliphatic heterocycles. The Morgan fingerprint density at radius 1 is 1.33 bits per heavy atom. The van der Waals surface area contributed by atoms with Crippen LogP contribution in [-0.4, -0.2) is 26.4 Å². The van der Waals surface area contributed by atoms with E-state index in [9.17, 15) is 13.4 Å². The highest BCUT2D eigenvalue weighted by Gasteiger charge is 2.43. The zero-order valence-corrected chi connectivity index (χ0v) is 14.9. The maximum absolute atomic E-state index is 13.4. The minimum absolute atomic E-state index is 0.123. The summed E-state index contributed by atoms with van der Waals surface area (Å²) in [4.78, 5) is 12.1. The number of hydrogen-bond donors (Lipinski definition) is 1. The van der Waals surface area contributed by atoms with Crippen molar-refractivity contribution >= 4 is 22.6 Å². The predicted octanol–water partition coefficient (Wildman–Crippen LogP) is 3.35. The molecule has 1 N–H and O–H groups in total. The van der Waals surface area contributed by atoms with Crippen molar-refractivity contribution in [2.24, 2.45) is 0 Å². The number of carbonyl (C=O) groups is 1. The van der Waals surface area contributed by atoms with Crippen LogP contribution in [0.15, 0.2) is 24.0 Å². The molecular formula is C17H21FO5S. The van der Waals surface area contributed by atoms with E-state index in [-0.39, 0.29) is 17.6 Å². The summed E-state index contributed by atoms with van der Waals surface area (Å²) < 4.78 is 44.4. The number of cyclic esters (lactones) is 1. The highest BCUT2D eigenvalue weighted by atomic mass is 32.2. The van der Waals surface area contributed by atoms with Crippen molar-refractivity contribution in [1.82, 2.24) is 0 Å². The molecule has 1 aromatic carbocycles. The van der Waals surface area contributed by atoms with Gasteiger partial charge >= 0.3 is 5.97 Å². The zero-order valence-electron chi connectivity index (χ0n) is 14.1. The van der Waals surface area contributed by atoms with Crippen molar-refractivity contribution < 1.29 is 27.4 Å². The number of ether oxygens (including phenoxy) is 2. The minimum atomic E-state index is -2.05. The molecule has 1 heterocycles. The summed E-state index contributed by atoms with van der Waals surface area (Å²) in [5, 5.41) is 0. The Hall–Kier alpha value is -1.73. The van der Waals surface area contributed by atoms with Crippen molar-refractivity contribution in [2.45, 2.75) is 51.8 Å². The van der Waals surface area contributed by atoms with Crippen LogP contribution in [0.4, 0.5) is 4.39 Å². The number of esters is 1. The molecule has 1 aromatic rings. The van der Waals surface area contributed by atoms with Gasteiger partial charge in [-0.05, 0) is 50.5 Å². The van der Waals surface area contributed by atoms with Gasteiger partial charge in [0.15, 0.2) is 11.1 Å². The van der Waals surface area contributed by atoms with E-state index in [1.54, 1.807) is 45.9 Å². The van der Waals surface area contributed by atoms with Gasteiger partial charge in [0.1, 0.15) is 12.3 Å². The SMILES string of the molecule is CC(C)OC1=C(c2ccc(CS(=O)O)c(CF)c2)C(C)(C)OC1=O. The largest absolute Gasteiger partial charge is 0.484 e. The topological polar surface area (TPSA) is 72.8 Å². The molecule has 132 valence electrons. The molecule has 0 fully saturated rings. The molecule has 0 saturated heterocycles. The van der Waals surface area contributed by atoms with Crippen LogP contribution in [0.2, 0.25) is 0 Å². The molecule has 0 saturated carbocycles. The third kappa shape index (κ3) is 3.84. The normalized spacial score (nSPS) is 18.0. The first-order valence-corrected chi connectivity index (χ1v) is 8.83. The fraction of sp³-hybridized carbons (Fsp3) is 0.471. The standard InChI is InChI=1S/C17H21FO5S/c1-10(2)22-15-14(17(3,4)23-16(15)19)11-5-6-12(9-24(20)21)13(7-11)8-18/h5-7,10H,8-9H2,1-4H3,(H,20,21). The monoisotopic (exact) mass is 356 g/mol. The first-order valence-electron chi connectivity index (χ1n) is 7.56.